The molecule has 0 heterocycles. The minimum absolute atomic E-state index is 0.152. The lowest BCUT2D eigenvalue weighted by atomic mass is 10.1. The number of carbonyl (C=O) groups excluding carboxylic acids is 1. The lowest BCUT2D eigenvalue weighted by Crippen LogP contribution is -2.28. The van der Waals surface area contributed by atoms with E-state index >= 15 is 0 Å². The van der Waals surface area contributed by atoms with Crippen LogP contribution in [-0.2, 0) is 36.6 Å². The van der Waals surface area contributed by atoms with Gasteiger partial charge >= 0.3 is 11.9 Å². The van der Waals surface area contributed by atoms with E-state index < -0.39 is 30.4 Å². The summed E-state index contributed by atoms with van der Waals surface area (Å²) < 4.78 is 27.1. The fourth-order valence-corrected chi connectivity index (χ4v) is 5.23. The fourth-order valence-electron chi connectivity index (χ4n) is 5.23. The predicted molar refractivity (Wildman–Crippen MR) is 199 cm³/mol. The molecule has 10 heteroatoms. The SMILES string of the molecule is CCOC(=O)[C@H](Cc1ccc(OC[C@H](O)c2cccc(C)c2)cc1)OCC.CCO[C@@H](Cc1ccc(OC[C@H](O)c2cccc(C)c2)cc1)C(=O)O. The van der Waals surface area contributed by atoms with Crippen LogP contribution in [-0.4, -0.2) is 72.5 Å². The van der Waals surface area contributed by atoms with Gasteiger partial charge in [0, 0.05) is 26.1 Å². The number of carboxylic acids is 1. The summed E-state index contributed by atoms with van der Waals surface area (Å²) in [6, 6.07) is 30.0. The molecule has 0 saturated heterocycles. The highest BCUT2D eigenvalue weighted by Gasteiger charge is 2.21. The van der Waals surface area contributed by atoms with Gasteiger partial charge in [0.15, 0.2) is 12.2 Å². The molecule has 0 amide bonds. The van der Waals surface area contributed by atoms with E-state index in [0.717, 1.165) is 33.4 Å². The molecule has 4 aromatic carbocycles. The van der Waals surface area contributed by atoms with Crippen LogP contribution >= 0.6 is 0 Å². The van der Waals surface area contributed by atoms with Crippen molar-refractivity contribution in [3.63, 3.8) is 0 Å². The number of aliphatic carboxylic acids is 1. The number of carboxylic acid groups (broad SMARTS) is 1. The topological polar surface area (TPSA) is 141 Å². The molecular formula is C42H52O10. The Balaban J connectivity index is 0.000000281. The molecule has 4 aromatic rings. The largest absolute Gasteiger partial charge is 0.491 e. The summed E-state index contributed by atoms with van der Waals surface area (Å²) in [5.41, 5.74) is 5.64. The van der Waals surface area contributed by atoms with Crippen LogP contribution < -0.4 is 9.47 Å². The van der Waals surface area contributed by atoms with E-state index in [1.165, 1.54) is 0 Å². The highest BCUT2D eigenvalue weighted by Crippen LogP contribution is 2.21. The predicted octanol–water partition coefficient (Wildman–Crippen LogP) is 6.76. The fraction of sp³-hybridized carbons (Fsp3) is 0.381. The number of esters is 1. The van der Waals surface area contributed by atoms with Crippen LogP contribution in [0.1, 0.15) is 66.4 Å². The highest BCUT2D eigenvalue weighted by molar-refractivity contribution is 5.75. The Labute approximate surface area is 306 Å². The Bertz CT molecular complexity index is 1640. The van der Waals surface area contributed by atoms with Gasteiger partial charge < -0.3 is 39.0 Å². The van der Waals surface area contributed by atoms with E-state index in [2.05, 4.69) is 0 Å². The number of benzene rings is 4. The van der Waals surface area contributed by atoms with E-state index in [4.69, 9.17) is 28.8 Å². The van der Waals surface area contributed by atoms with Crippen molar-refractivity contribution in [1.29, 1.82) is 0 Å². The van der Waals surface area contributed by atoms with E-state index in [9.17, 15) is 19.8 Å². The summed E-state index contributed by atoms with van der Waals surface area (Å²) in [4.78, 5) is 23.1. The van der Waals surface area contributed by atoms with Gasteiger partial charge in [0.25, 0.3) is 0 Å². The first-order chi connectivity index (χ1) is 25.0. The Morgan fingerprint density at radius 3 is 1.40 bits per heavy atom. The summed E-state index contributed by atoms with van der Waals surface area (Å²) >= 11 is 0. The van der Waals surface area contributed by atoms with Crippen LogP contribution in [0.15, 0.2) is 97.1 Å². The van der Waals surface area contributed by atoms with E-state index in [-0.39, 0.29) is 19.2 Å². The van der Waals surface area contributed by atoms with Gasteiger partial charge in [-0.1, -0.05) is 83.9 Å². The molecule has 0 unspecified atom stereocenters. The van der Waals surface area contributed by atoms with Crippen molar-refractivity contribution in [2.24, 2.45) is 0 Å². The number of ether oxygens (including phenoxy) is 5. The summed E-state index contributed by atoms with van der Waals surface area (Å²) in [6.07, 6.45) is -2.09. The molecule has 0 aliphatic rings. The highest BCUT2D eigenvalue weighted by atomic mass is 16.6. The van der Waals surface area contributed by atoms with Crippen LogP contribution in [0.3, 0.4) is 0 Å². The molecule has 0 radical (unpaired) electrons. The number of aliphatic hydroxyl groups excluding tert-OH is 2. The minimum atomic E-state index is -0.969. The maximum absolute atomic E-state index is 11.9. The monoisotopic (exact) mass is 716 g/mol. The van der Waals surface area contributed by atoms with Gasteiger partial charge in [-0.25, -0.2) is 9.59 Å². The standard InChI is InChI=1S/C22H28O5.C20H24O5/c1-4-25-21(22(24)26-5-2)14-17-9-11-19(12-10-17)27-15-20(23)18-8-6-7-16(3)13-18;1-3-24-19(20(22)23)12-15-7-9-17(10-8-15)25-13-18(21)16-6-4-5-14(2)11-16/h6-13,20-21,23H,4-5,14-15H2,1-3H3;4-11,18-19,21H,3,12-13H2,1-2H3,(H,22,23)/t20-,21-;18-,19-/m00/s1. The zero-order valence-electron chi connectivity index (χ0n) is 30.7. The van der Waals surface area contributed by atoms with Crippen LogP contribution in [0.4, 0.5) is 0 Å². The van der Waals surface area contributed by atoms with Crippen LogP contribution in [0.25, 0.3) is 0 Å². The van der Waals surface area contributed by atoms with Gasteiger partial charge in [-0.05, 0) is 81.1 Å². The van der Waals surface area contributed by atoms with Crippen molar-refractivity contribution in [1.82, 2.24) is 0 Å². The van der Waals surface area contributed by atoms with E-state index in [1.54, 1.807) is 26.0 Å². The minimum Gasteiger partial charge on any atom is -0.491 e. The van der Waals surface area contributed by atoms with Crippen molar-refractivity contribution in [2.75, 3.05) is 33.0 Å². The smallest absolute Gasteiger partial charge is 0.335 e. The van der Waals surface area contributed by atoms with Crippen LogP contribution in [0.5, 0.6) is 11.5 Å². The molecule has 10 nitrogen and oxygen atoms in total. The molecular weight excluding hydrogens is 664 g/mol. The lowest BCUT2D eigenvalue weighted by molar-refractivity contribution is -0.156. The number of aliphatic hydroxyl groups is 2. The Kier molecular flexibility index (Phi) is 17.8. The molecule has 0 spiro atoms. The third kappa shape index (κ3) is 14.5. The first kappa shape index (κ1) is 41.7. The van der Waals surface area contributed by atoms with Crippen LogP contribution in [0, 0.1) is 13.8 Å². The van der Waals surface area contributed by atoms with Crippen LogP contribution in [0.2, 0.25) is 0 Å². The summed E-state index contributed by atoms with van der Waals surface area (Å²) in [6.45, 7) is 10.8. The Hall–Kier alpha value is -4.74. The average Bonchev–Trinajstić information content (AvgIpc) is 3.14. The molecule has 0 saturated carbocycles. The maximum atomic E-state index is 11.9. The van der Waals surface area contributed by atoms with Gasteiger partial charge in [-0.15, -0.1) is 0 Å². The molecule has 52 heavy (non-hydrogen) atoms. The second kappa shape index (κ2) is 22.3. The molecule has 280 valence electrons. The summed E-state index contributed by atoms with van der Waals surface area (Å²) in [5.74, 6) is -0.0299. The maximum Gasteiger partial charge on any atom is 0.335 e. The van der Waals surface area contributed by atoms with Crippen molar-refractivity contribution in [3.05, 3.63) is 130 Å². The third-order valence-electron chi connectivity index (χ3n) is 7.92. The molecule has 0 aliphatic carbocycles. The summed E-state index contributed by atoms with van der Waals surface area (Å²) in [5, 5.41) is 29.6. The first-order valence-electron chi connectivity index (χ1n) is 17.6. The molecule has 4 rings (SSSR count). The van der Waals surface area contributed by atoms with Crippen molar-refractivity contribution >= 4 is 11.9 Å². The molecule has 0 aliphatic heterocycles. The van der Waals surface area contributed by atoms with E-state index in [0.29, 0.717) is 44.2 Å². The molecule has 0 fully saturated rings. The van der Waals surface area contributed by atoms with Gasteiger partial charge in [-0.3, -0.25) is 0 Å². The van der Waals surface area contributed by atoms with Crippen molar-refractivity contribution < 1.29 is 48.6 Å². The molecule has 4 atom stereocenters. The zero-order valence-corrected chi connectivity index (χ0v) is 30.7. The number of rotatable bonds is 19. The second-order valence-corrected chi connectivity index (χ2v) is 12.2. The molecule has 3 N–H and O–H groups in total. The van der Waals surface area contributed by atoms with Crippen molar-refractivity contribution in [3.8, 4) is 11.5 Å². The normalized spacial score (nSPS) is 13.1. The number of hydrogen-bond acceptors (Lipinski definition) is 9. The number of hydrogen-bond donors (Lipinski definition) is 3. The van der Waals surface area contributed by atoms with Gasteiger partial charge in [0.1, 0.15) is 36.9 Å². The zero-order chi connectivity index (χ0) is 37.9. The Morgan fingerprint density at radius 2 is 1.02 bits per heavy atom. The third-order valence-corrected chi connectivity index (χ3v) is 7.92. The number of carbonyl (C=O) groups is 2. The van der Waals surface area contributed by atoms with Gasteiger partial charge in [0.05, 0.1) is 6.61 Å². The van der Waals surface area contributed by atoms with Gasteiger partial charge in [0.2, 0.25) is 0 Å². The first-order valence-corrected chi connectivity index (χ1v) is 17.6. The molecule has 0 bridgehead atoms. The lowest BCUT2D eigenvalue weighted by Gasteiger charge is -2.16. The average molecular weight is 717 g/mol. The van der Waals surface area contributed by atoms with Gasteiger partial charge in [-0.2, -0.15) is 0 Å². The molecule has 0 aromatic heterocycles. The summed E-state index contributed by atoms with van der Waals surface area (Å²) in [7, 11) is 0. The second-order valence-electron chi connectivity index (χ2n) is 12.2. The van der Waals surface area contributed by atoms with E-state index in [1.807, 2.05) is 106 Å². The Morgan fingerprint density at radius 1 is 0.596 bits per heavy atom. The van der Waals surface area contributed by atoms with Crippen molar-refractivity contribution in [2.45, 2.75) is 71.9 Å². The quantitative estimate of drug-likeness (QED) is 0.0892. The number of aryl methyl sites for hydroxylation is 2.